The molecule has 196 valence electrons. The van der Waals surface area contributed by atoms with Gasteiger partial charge in [-0.1, -0.05) is 25.2 Å². The largest absolute Gasteiger partial charge is 0.433 e. The Hall–Kier alpha value is -5.07. The molecule has 0 aromatic carbocycles. The highest BCUT2D eigenvalue weighted by molar-refractivity contribution is 6.05. The molecule has 0 spiro atoms. The van der Waals surface area contributed by atoms with Gasteiger partial charge < -0.3 is 5.32 Å². The lowest BCUT2D eigenvalue weighted by Crippen LogP contribution is -2.26. The Balaban J connectivity index is 1.37. The highest BCUT2D eigenvalue weighted by Crippen LogP contribution is 2.35. The molecule has 1 atom stereocenters. The van der Waals surface area contributed by atoms with Gasteiger partial charge in [-0.05, 0) is 47.7 Å². The number of anilines is 1. The van der Waals surface area contributed by atoms with Crippen LogP contribution in [-0.2, 0) is 16.4 Å². The summed E-state index contributed by atoms with van der Waals surface area (Å²) in [6, 6.07) is 10.0. The van der Waals surface area contributed by atoms with Gasteiger partial charge in [0, 0.05) is 40.6 Å². The topological polar surface area (TPSA) is 129 Å². The van der Waals surface area contributed by atoms with Crippen LogP contribution in [0.2, 0.25) is 0 Å². The summed E-state index contributed by atoms with van der Waals surface area (Å²) in [4.78, 5) is 30.4. The maximum absolute atomic E-state index is 13.7. The lowest BCUT2D eigenvalue weighted by atomic mass is 9.76. The van der Waals surface area contributed by atoms with Crippen LogP contribution in [0.25, 0.3) is 17.1 Å². The van der Waals surface area contributed by atoms with Crippen molar-refractivity contribution < 1.29 is 22.9 Å². The van der Waals surface area contributed by atoms with Gasteiger partial charge in [0.25, 0.3) is 5.91 Å². The zero-order valence-electron chi connectivity index (χ0n) is 20.3. The number of H-pyrrole nitrogens is 1. The zero-order chi connectivity index (χ0) is 27.6. The average Bonchev–Trinajstić information content (AvgIpc) is 3.41. The van der Waals surface area contributed by atoms with E-state index in [1.54, 1.807) is 42.6 Å². The van der Waals surface area contributed by atoms with Crippen molar-refractivity contribution in [3.63, 3.8) is 0 Å². The predicted molar refractivity (Wildman–Crippen MR) is 134 cm³/mol. The first-order valence-electron chi connectivity index (χ1n) is 11.6. The molecular formula is C26H20F3N8O2+. The fourth-order valence-corrected chi connectivity index (χ4v) is 4.16. The minimum Gasteiger partial charge on any atom is -0.305 e. The fraction of sp³-hybridized carbons (Fsp3) is 0.154. The second kappa shape index (κ2) is 10.0. The van der Waals surface area contributed by atoms with Crippen molar-refractivity contribution in [3.8, 4) is 17.1 Å². The van der Waals surface area contributed by atoms with E-state index in [9.17, 15) is 22.9 Å². The van der Waals surface area contributed by atoms with Crippen molar-refractivity contribution in [2.75, 3.05) is 5.32 Å². The minimum atomic E-state index is -4.70. The van der Waals surface area contributed by atoms with E-state index in [4.69, 9.17) is 0 Å². The number of carbonyl (C=O) groups excluding carboxylic acids is 1. The Labute approximate surface area is 219 Å². The number of pyridine rings is 2. The number of alkyl halides is 3. The van der Waals surface area contributed by atoms with Crippen LogP contribution in [0.15, 0.2) is 90.0 Å². The first-order valence-corrected chi connectivity index (χ1v) is 11.6. The number of allylic oxidation sites excluding steroid dienone is 2. The molecule has 0 fully saturated rings. The van der Waals surface area contributed by atoms with Crippen molar-refractivity contribution >= 4 is 17.5 Å². The van der Waals surface area contributed by atoms with Crippen molar-refractivity contribution in [3.05, 3.63) is 101 Å². The van der Waals surface area contributed by atoms with Crippen molar-refractivity contribution in [2.24, 2.45) is 5.18 Å². The third kappa shape index (κ3) is 5.32. The molecule has 39 heavy (non-hydrogen) atoms. The number of amides is 1. The number of nitrogens with one attached hydrogen (secondary N) is 2. The quantitative estimate of drug-likeness (QED) is 0.357. The summed E-state index contributed by atoms with van der Waals surface area (Å²) in [5, 5.41) is 17.3. The highest BCUT2D eigenvalue weighted by atomic mass is 19.4. The van der Waals surface area contributed by atoms with Gasteiger partial charge in [-0.2, -0.15) is 18.3 Å². The van der Waals surface area contributed by atoms with E-state index >= 15 is 0 Å². The van der Waals surface area contributed by atoms with Gasteiger partial charge in [0.2, 0.25) is 5.18 Å². The third-order valence-corrected chi connectivity index (χ3v) is 6.20. The van der Waals surface area contributed by atoms with Gasteiger partial charge in [-0.3, -0.25) is 9.78 Å². The van der Waals surface area contributed by atoms with Crippen LogP contribution in [0.1, 0.15) is 24.6 Å². The van der Waals surface area contributed by atoms with Crippen LogP contribution in [0.3, 0.4) is 0 Å². The molecule has 1 amide bonds. The number of halogens is 3. The van der Waals surface area contributed by atoms with Crippen LogP contribution < -0.4 is 10.3 Å². The Morgan fingerprint density at radius 3 is 2.67 bits per heavy atom. The Bertz CT molecular complexity index is 1580. The second-order valence-electron chi connectivity index (χ2n) is 8.97. The van der Waals surface area contributed by atoms with E-state index in [-0.39, 0.29) is 23.1 Å². The summed E-state index contributed by atoms with van der Waals surface area (Å²) < 4.78 is 41.8. The molecule has 0 saturated carbocycles. The molecule has 4 aromatic heterocycles. The van der Waals surface area contributed by atoms with Gasteiger partial charge in [0.15, 0.2) is 17.3 Å². The highest BCUT2D eigenvalue weighted by Gasteiger charge is 2.37. The van der Waals surface area contributed by atoms with Gasteiger partial charge in [0.1, 0.15) is 0 Å². The minimum absolute atomic E-state index is 0.0493. The van der Waals surface area contributed by atoms with Crippen LogP contribution in [0.4, 0.5) is 24.8 Å². The number of hydrogen-bond donors (Lipinski definition) is 1. The molecule has 10 nitrogen and oxygen atoms in total. The third-order valence-electron chi connectivity index (χ3n) is 6.20. The standard InChI is InChI=1S/C26H19F3N8O2/c1-25(18-6-7-21(36-39)31-15-18)10-2-4-16(13-25)24(38)32-22-8-9-23(34-33-22)37-20(26(27,28)29)12-19(35-37)17-5-3-11-30-14-17/h2-9,11-15H,10H2,1H3,(H,32,33,38)/p+1. The van der Waals surface area contributed by atoms with Gasteiger partial charge in [0.05, 0.1) is 11.9 Å². The Morgan fingerprint density at radius 1 is 1.18 bits per heavy atom. The number of aromatic amines is 1. The molecule has 1 aliphatic carbocycles. The lowest BCUT2D eigenvalue weighted by molar-refractivity contribution is -0.363. The zero-order valence-corrected chi connectivity index (χ0v) is 20.3. The molecule has 0 bridgehead atoms. The van der Waals surface area contributed by atoms with E-state index in [1.165, 1.54) is 24.5 Å². The monoisotopic (exact) mass is 533 g/mol. The molecule has 0 aliphatic heterocycles. The van der Waals surface area contributed by atoms with E-state index < -0.39 is 23.2 Å². The van der Waals surface area contributed by atoms with Crippen LogP contribution in [0.5, 0.6) is 0 Å². The summed E-state index contributed by atoms with van der Waals surface area (Å²) in [7, 11) is 0. The molecule has 13 heteroatoms. The molecule has 0 radical (unpaired) electrons. The summed E-state index contributed by atoms with van der Waals surface area (Å²) in [5.41, 5.74) is 0.129. The van der Waals surface area contributed by atoms with E-state index in [2.05, 4.69) is 35.8 Å². The molecule has 0 saturated heterocycles. The van der Waals surface area contributed by atoms with E-state index in [1.807, 2.05) is 13.0 Å². The maximum Gasteiger partial charge on any atom is 0.433 e. The van der Waals surface area contributed by atoms with Crippen LogP contribution >= 0.6 is 0 Å². The Morgan fingerprint density at radius 2 is 2.03 bits per heavy atom. The number of nitroso groups, excluding NO2 is 1. The molecule has 2 N–H and O–H groups in total. The number of rotatable bonds is 6. The van der Waals surface area contributed by atoms with Crippen molar-refractivity contribution in [2.45, 2.75) is 24.9 Å². The summed E-state index contributed by atoms with van der Waals surface area (Å²) in [6.07, 6.45) is 5.81. The molecule has 5 rings (SSSR count). The van der Waals surface area contributed by atoms with E-state index in [0.717, 1.165) is 11.6 Å². The number of nitrogens with zero attached hydrogens (tertiary/aromatic N) is 6. The summed E-state index contributed by atoms with van der Waals surface area (Å²) in [5.74, 6) is -0.413. The van der Waals surface area contributed by atoms with Crippen LogP contribution in [0, 0.1) is 4.91 Å². The number of hydrogen-bond acceptors (Lipinski definition) is 7. The second-order valence-corrected chi connectivity index (χ2v) is 8.97. The van der Waals surface area contributed by atoms with Crippen LogP contribution in [-0.4, -0.2) is 30.9 Å². The lowest BCUT2D eigenvalue weighted by Gasteiger charge is -2.27. The van der Waals surface area contributed by atoms with Crippen molar-refractivity contribution in [1.82, 2.24) is 25.0 Å². The first kappa shape index (κ1) is 25.6. The van der Waals surface area contributed by atoms with Gasteiger partial charge in [-0.25, -0.2) is 9.67 Å². The fourth-order valence-electron chi connectivity index (χ4n) is 4.16. The summed E-state index contributed by atoms with van der Waals surface area (Å²) >= 11 is 0. The first-order chi connectivity index (χ1) is 18.7. The molecular weight excluding hydrogens is 513 g/mol. The maximum atomic E-state index is 13.7. The van der Waals surface area contributed by atoms with Gasteiger partial charge >= 0.3 is 12.0 Å². The molecule has 1 aliphatic rings. The predicted octanol–water partition coefficient (Wildman–Crippen LogP) is 4.74. The molecule has 4 heterocycles. The van der Waals surface area contributed by atoms with E-state index in [0.29, 0.717) is 22.2 Å². The normalized spacial score (nSPS) is 17.0. The summed E-state index contributed by atoms with van der Waals surface area (Å²) in [6.45, 7) is 1.94. The molecule has 4 aromatic rings. The Kier molecular flexibility index (Phi) is 6.56. The average molecular weight is 533 g/mol. The smallest absolute Gasteiger partial charge is 0.305 e. The molecule has 1 unspecified atom stereocenters. The van der Waals surface area contributed by atoms with Gasteiger partial charge in [-0.15, -0.1) is 10.2 Å². The number of aromatic nitrogens is 6. The SMILES string of the molecule is CC1(c2ccc(N=O)[nH+]c2)C=C(C(=O)Nc2ccc(-n3nc(-c4cccnc4)cc3C(F)(F)F)nn2)C=CC1. The number of carbonyl (C=O) groups is 1. The van der Waals surface area contributed by atoms with Crippen molar-refractivity contribution in [1.29, 1.82) is 0 Å².